The second-order valence-electron chi connectivity index (χ2n) is 4.88. The highest BCUT2D eigenvalue weighted by atomic mass is 35.5. The summed E-state index contributed by atoms with van der Waals surface area (Å²) in [6.45, 7) is 2.13. The minimum atomic E-state index is 0.221. The van der Waals surface area contributed by atoms with E-state index < -0.39 is 0 Å². The van der Waals surface area contributed by atoms with Crippen LogP contribution in [0.3, 0.4) is 0 Å². The van der Waals surface area contributed by atoms with E-state index in [1.807, 2.05) is 24.3 Å². The Labute approximate surface area is 133 Å². The van der Waals surface area contributed by atoms with Crippen molar-refractivity contribution in [2.24, 2.45) is 0 Å². The van der Waals surface area contributed by atoms with Crippen LogP contribution < -0.4 is 10.1 Å². The smallest absolute Gasteiger partial charge is 0.183 e. The quantitative estimate of drug-likeness (QED) is 0.873. The number of halogens is 1. The normalized spacial score (nSPS) is 17.9. The Morgan fingerprint density at radius 1 is 1.43 bits per heavy atom. The summed E-state index contributed by atoms with van der Waals surface area (Å²) in [7, 11) is 0. The van der Waals surface area contributed by atoms with Crippen molar-refractivity contribution in [1.82, 2.24) is 4.98 Å². The van der Waals surface area contributed by atoms with Crippen molar-refractivity contribution in [3.8, 4) is 5.75 Å². The zero-order chi connectivity index (χ0) is 14.5. The first-order valence-electron chi connectivity index (χ1n) is 6.99. The largest absolute Gasteiger partial charge is 0.489 e. The summed E-state index contributed by atoms with van der Waals surface area (Å²) in [4.78, 5) is 5.13. The topological polar surface area (TPSA) is 43.4 Å². The van der Waals surface area contributed by atoms with Crippen molar-refractivity contribution in [2.75, 3.05) is 18.5 Å². The molecule has 0 radical (unpaired) electrons. The van der Waals surface area contributed by atoms with Gasteiger partial charge in [-0.3, -0.25) is 0 Å². The summed E-state index contributed by atoms with van der Waals surface area (Å²) in [5, 5.41) is 3.36. The molecular formula is C15H17ClN2O2S. The van der Waals surface area contributed by atoms with Gasteiger partial charge in [-0.05, 0) is 25.0 Å². The number of para-hydroxylation sites is 2. The van der Waals surface area contributed by atoms with Gasteiger partial charge in [-0.1, -0.05) is 23.7 Å². The van der Waals surface area contributed by atoms with Gasteiger partial charge in [0, 0.05) is 17.7 Å². The van der Waals surface area contributed by atoms with Gasteiger partial charge >= 0.3 is 0 Å². The van der Waals surface area contributed by atoms with Crippen LogP contribution in [0.2, 0.25) is 4.47 Å². The molecule has 1 saturated heterocycles. The van der Waals surface area contributed by atoms with E-state index >= 15 is 0 Å². The number of ether oxygens (including phenoxy) is 2. The molecule has 1 unspecified atom stereocenters. The van der Waals surface area contributed by atoms with Crippen LogP contribution in [-0.4, -0.2) is 24.3 Å². The molecule has 0 amide bonds. The average molecular weight is 325 g/mol. The van der Waals surface area contributed by atoms with E-state index in [9.17, 15) is 0 Å². The fourth-order valence-electron chi connectivity index (χ4n) is 2.24. The van der Waals surface area contributed by atoms with Crippen LogP contribution in [0.1, 0.15) is 17.7 Å². The fourth-order valence-corrected chi connectivity index (χ4v) is 3.16. The number of hydrogen-bond acceptors (Lipinski definition) is 5. The van der Waals surface area contributed by atoms with Gasteiger partial charge in [0.05, 0.1) is 18.3 Å². The fraction of sp³-hybridized carbons (Fsp3) is 0.400. The molecule has 0 aliphatic carbocycles. The van der Waals surface area contributed by atoms with Crippen molar-refractivity contribution in [2.45, 2.75) is 25.5 Å². The third-order valence-electron chi connectivity index (χ3n) is 3.31. The molecule has 112 valence electrons. The molecule has 4 nitrogen and oxygen atoms in total. The molecule has 1 aliphatic heterocycles. The first kappa shape index (κ1) is 14.6. The van der Waals surface area contributed by atoms with Gasteiger partial charge in [-0.15, -0.1) is 11.3 Å². The maximum Gasteiger partial charge on any atom is 0.183 e. The number of anilines is 1. The second-order valence-corrected chi connectivity index (χ2v) is 6.57. The van der Waals surface area contributed by atoms with Crippen LogP contribution >= 0.6 is 22.9 Å². The van der Waals surface area contributed by atoms with E-state index in [0.29, 0.717) is 17.6 Å². The summed E-state index contributed by atoms with van der Waals surface area (Å²) in [5.74, 6) is 0.851. The molecule has 1 atom stereocenters. The van der Waals surface area contributed by atoms with E-state index in [2.05, 4.69) is 10.3 Å². The lowest BCUT2D eigenvalue weighted by Gasteiger charge is -2.15. The van der Waals surface area contributed by atoms with Gasteiger partial charge in [-0.25, -0.2) is 4.98 Å². The van der Waals surface area contributed by atoms with Gasteiger partial charge in [0.25, 0.3) is 0 Å². The highest BCUT2D eigenvalue weighted by Gasteiger charge is 2.16. The van der Waals surface area contributed by atoms with Crippen molar-refractivity contribution >= 4 is 28.6 Å². The molecule has 3 rings (SSSR count). The van der Waals surface area contributed by atoms with E-state index in [0.717, 1.165) is 35.8 Å². The van der Waals surface area contributed by atoms with Crippen molar-refractivity contribution < 1.29 is 9.47 Å². The predicted molar refractivity (Wildman–Crippen MR) is 85.4 cm³/mol. The molecule has 1 aromatic carbocycles. The average Bonchev–Trinajstić information content (AvgIpc) is 3.15. The Kier molecular flexibility index (Phi) is 4.95. The van der Waals surface area contributed by atoms with E-state index in [1.54, 1.807) is 6.20 Å². The molecule has 2 heterocycles. The van der Waals surface area contributed by atoms with Crippen molar-refractivity contribution in [3.05, 3.63) is 39.8 Å². The number of thiazole rings is 1. The van der Waals surface area contributed by atoms with E-state index in [4.69, 9.17) is 21.1 Å². The Morgan fingerprint density at radius 3 is 3.10 bits per heavy atom. The standard InChI is InChI=1S/C15H17ClN2O2S/c16-15-18-9-12(21-15)8-17-13-5-1-2-6-14(13)20-10-11-4-3-7-19-11/h1-2,5-6,9,11,17H,3-4,7-8,10H2. The lowest BCUT2D eigenvalue weighted by molar-refractivity contribution is 0.0682. The zero-order valence-corrected chi connectivity index (χ0v) is 13.1. The first-order valence-corrected chi connectivity index (χ1v) is 8.18. The SMILES string of the molecule is Clc1ncc(CNc2ccccc2OCC2CCCO2)s1. The summed E-state index contributed by atoms with van der Waals surface area (Å²) >= 11 is 7.31. The minimum Gasteiger partial charge on any atom is -0.489 e. The monoisotopic (exact) mass is 324 g/mol. The molecule has 0 spiro atoms. The Balaban J connectivity index is 1.58. The molecular weight excluding hydrogens is 308 g/mol. The predicted octanol–water partition coefficient (Wildman–Crippen LogP) is 3.97. The summed E-state index contributed by atoms with van der Waals surface area (Å²) in [6, 6.07) is 7.94. The number of rotatable bonds is 6. The highest BCUT2D eigenvalue weighted by molar-refractivity contribution is 7.15. The number of benzene rings is 1. The lowest BCUT2D eigenvalue weighted by Crippen LogP contribution is -2.16. The second kappa shape index (κ2) is 7.11. The number of hydrogen-bond donors (Lipinski definition) is 1. The van der Waals surface area contributed by atoms with Crippen LogP contribution in [-0.2, 0) is 11.3 Å². The van der Waals surface area contributed by atoms with E-state index in [-0.39, 0.29) is 6.10 Å². The molecule has 1 aliphatic rings. The summed E-state index contributed by atoms with van der Waals surface area (Å²) in [5.41, 5.74) is 0.972. The van der Waals surface area contributed by atoms with Gasteiger partial charge < -0.3 is 14.8 Å². The Bertz CT molecular complexity index is 585. The third-order valence-corrected chi connectivity index (χ3v) is 4.43. The zero-order valence-electron chi connectivity index (χ0n) is 11.5. The third kappa shape index (κ3) is 4.09. The Morgan fingerprint density at radius 2 is 2.33 bits per heavy atom. The van der Waals surface area contributed by atoms with Gasteiger partial charge in [0.15, 0.2) is 4.47 Å². The van der Waals surface area contributed by atoms with Crippen LogP contribution in [0.4, 0.5) is 5.69 Å². The Hall–Kier alpha value is -1.30. The molecule has 1 aromatic heterocycles. The molecule has 0 bridgehead atoms. The van der Waals surface area contributed by atoms with Crippen LogP contribution in [0.15, 0.2) is 30.5 Å². The maximum absolute atomic E-state index is 5.89. The minimum absolute atomic E-state index is 0.221. The summed E-state index contributed by atoms with van der Waals surface area (Å²) in [6.07, 6.45) is 4.21. The molecule has 21 heavy (non-hydrogen) atoms. The summed E-state index contributed by atoms with van der Waals surface area (Å²) < 4.78 is 12.0. The van der Waals surface area contributed by atoms with Crippen LogP contribution in [0, 0.1) is 0 Å². The number of nitrogens with zero attached hydrogens (tertiary/aromatic N) is 1. The first-order chi connectivity index (χ1) is 10.3. The van der Waals surface area contributed by atoms with Crippen molar-refractivity contribution in [1.29, 1.82) is 0 Å². The van der Waals surface area contributed by atoms with Gasteiger partial charge in [-0.2, -0.15) is 0 Å². The van der Waals surface area contributed by atoms with Gasteiger partial charge in [0.1, 0.15) is 12.4 Å². The van der Waals surface area contributed by atoms with Gasteiger partial charge in [0.2, 0.25) is 0 Å². The number of nitrogens with one attached hydrogen (secondary N) is 1. The number of aromatic nitrogens is 1. The molecule has 1 N–H and O–H groups in total. The lowest BCUT2D eigenvalue weighted by atomic mass is 10.2. The highest BCUT2D eigenvalue weighted by Crippen LogP contribution is 2.26. The molecule has 2 aromatic rings. The maximum atomic E-state index is 5.89. The molecule has 1 fully saturated rings. The van der Waals surface area contributed by atoms with Crippen molar-refractivity contribution in [3.63, 3.8) is 0 Å². The molecule has 0 saturated carbocycles. The van der Waals surface area contributed by atoms with E-state index in [1.165, 1.54) is 11.3 Å². The van der Waals surface area contributed by atoms with Crippen LogP contribution in [0.5, 0.6) is 5.75 Å². The molecule has 6 heteroatoms. The van der Waals surface area contributed by atoms with Crippen LogP contribution in [0.25, 0.3) is 0 Å².